The summed E-state index contributed by atoms with van der Waals surface area (Å²) in [6.07, 6.45) is 11.4. The molecule has 0 saturated carbocycles. The van der Waals surface area contributed by atoms with E-state index < -0.39 is 15.4 Å². The predicted octanol–water partition coefficient (Wildman–Crippen LogP) is 1.38. The Bertz CT molecular complexity index is 347. The van der Waals surface area contributed by atoms with Crippen LogP contribution in [0.3, 0.4) is 0 Å². The van der Waals surface area contributed by atoms with Crippen molar-refractivity contribution in [2.75, 3.05) is 0 Å². The Hall–Kier alpha value is 1.51. The largest absolute Gasteiger partial charge is 1.00 e. The second-order valence-corrected chi connectivity index (χ2v) is 8.05. The first kappa shape index (κ1) is 26.7. The van der Waals surface area contributed by atoms with E-state index in [0.717, 1.165) is 57.8 Å². The molecule has 0 saturated heterocycles. The molecule has 0 bridgehead atoms. The molecule has 0 aromatic heterocycles. The maximum absolute atomic E-state index is 11.2. The molecule has 0 radical (unpaired) electrons. The van der Waals surface area contributed by atoms with Crippen LogP contribution in [-0.2, 0) is 10.1 Å². The fraction of sp³-hybridized carbons (Fsp3) is 1.00. The molecule has 134 valence electrons. The molecule has 0 heterocycles. The summed E-state index contributed by atoms with van der Waals surface area (Å²) in [6, 6.07) is 0. The number of aliphatic hydroxyl groups is 1. The molecule has 2 atom stereocenters. The number of hydrogen-bond donors (Lipinski definition) is 1. The van der Waals surface area contributed by atoms with Gasteiger partial charge in [-0.05, 0) is 25.7 Å². The maximum Gasteiger partial charge on any atom is 1.00 e. The average molecular weight is 375 g/mol. The van der Waals surface area contributed by atoms with Crippen molar-refractivity contribution in [3.8, 4) is 0 Å². The zero-order chi connectivity index (χ0) is 16.8. The molecule has 0 aliphatic heterocycles. The van der Waals surface area contributed by atoms with Gasteiger partial charge in [0.2, 0.25) is 0 Å². The third kappa shape index (κ3) is 16.7. The topological polar surface area (TPSA) is 77.4 Å². The van der Waals surface area contributed by atoms with Gasteiger partial charge in [-0.3, -0.25) is 0 Å². The van der Waals surface area contributed by atoms with Gasteiger partial charge in [-0.1, -0.05) is 71.6 Å². The Balaban J connectivity index is 0. The van der Waals surface area contributed by atoms with E-state index in [0.29, 0.717) is 12.8 Å². The smallest absolute Gasteiger partial charge is 0.748 e. The standard InChI is InChI=1S/C17H36O4S.K/c1-3-5-9-12-16(18)13-10-7-8-11-15-17(14-6-4-2)22(19,20)21;/h16-18H,3-15H2,1-2H3,(H,19,20,21);/q;+1/p-1. The van der Waals surface area contributed by atoms with Crippen molar-refractivity contribution in [2.45, 2.75) is 109 Å². The maximum atomic E-state index is 11.2. The summed E-state index contributed by atoms with van der Waals surface area (Å²) in [5.74, 6) is 0. The van der Waals surface area contributed by atoms with Crippen molar-refractivity contribution in [1.82, 2.24) is 0 Å². The summed E-state index contributed by atoms with van der Waals surface area (Å²) < 4.78 is 33.5. The fourth-order valence-electron chi connectivity index (χ4n) is 2.74. The van der Waals surface area contributed by atoms with Crippen LogP contribution in [0, 0.1) is 0 Å². The molecule has 0 aliphatic carbocycles. The van der Waals surface area contributed by atoms with Crippen molar-refractivity contribution >= 4 is 10.1 Å². The number of aliphatic hydroxyl groups excluding tert-OH is 1. The molecule has 0 rings (SSSR count). The van der Waals surface area contributed by atoms with E-state index in [2.05, 4.69) is 6.92 Å². The summed E-state index contributed by atoms with van der Waals surface area (Å²) in [6.45, 7) is 4.16. The quantitative estimate of drug-likeness (QED) is 0.267. The van der Waals surface area contributed by atoms with Gasteiger partial charge in [0.25, 0.3) is 0 Å². The molecule has 0 amide bonds. The number of rotatable bonds is 15. The van der Waals surface area contributed by atoms with Crippen molar-refractivity contribution < 1.29 is 69.5 Å². The van der Waals surface area contributed by atoms with Gasteiger partial charge < -0.3 is 9.66 Å². The minimum absolute atomic E-state index is 0. The molecule has 0 fully saturated rings. The molecule has 0 spiro atoms. The van der Waals surface area contributed by atoms with Crippen LogP contribution in [0.1, 0.15) is 97.3 Å². The van der Waals surface area contributed by atoms with E-state index in [4.69, 9.17) is 0 Å². The summed E-state index contributed by atoms with van der Waals surface area (Å²) in [5, 5.41) is 9.10. The normalized spacial score (nSPS) is 14.3. The van der Waals surface area contributed by atoms with Gasteiger partial charge in [-0.25, -0.2) is 8.42 Å². The number of unbranched alkanes of at least 4 members (excludes halogenated alkanes) is 6. The Kier molecular flexibility index (Phi) is 19.7. The third-order valence-corrected chi connectivity index (χ3v) is 5.53. The molecule has 0 aliphatic rings. The summed E-state index contributed by atoms with van der Waals surface area (Å²) in [5.41, 5.74) is 0. The fourth-order valence-corrected chi connectivity index (χ4v) is 3.66. The van der Waals surface area contributed by atoms with Gasteiger partial charge >= 0.3 is 51.4 Å². The number of hydrogen-bond acceptors (Lipinski definition) is 4. The van der Waals surface area contributed by atoms with Crippen LogP contribution in [0.2, 0.25) is 0 Å². The van der Waals surface area contributed by atoms with Crippen LogP contribution < -0.4 is 51.4 Å². The Morgan fingerprint density at radius 2 is 1.22 bits per heavy atom. The second-order valence-electron chi connectivity index (χ2n) is 6.40. The molecule has 4 nitrogen and oxygen atoms in total. The van der Waals surface area contributed by atoms with Gasteiger partial charge in [-0.2, -0.15) is 0 Å². The van der Waals surface area contributed by atoms with E-state index in [-0.39, 0.29) is 57.5 Å². The van der Waals surface area contributed by atoms with Crippen LogP contribution in [-0.4, -0.2) is 29.4 Å². The average Bonchev–Trinajstić information content (AvgIpc) is 2.44. The first-order valence-electron chi connectivity index (χ1n) is 9.04. The second kappa shape index (κ2) is 16.9. The molecule has 23 heavy (non-hydrogen) atoms. The summed E-state index contributed by atoms with van der Waals surface area (Å²) in [7, 11) is -4.15. The first-order valence-corrected chi connectivity index (χ1v) is 10.5. The Labute approximate surface area is 186 Å². The van der Waals surface area contributed by atoms with Crippen molar-refractivity contribution in [3.05, 3.63) is 0 Å². The minimum Gasteiger partial charge on any atom is -0.748 e. The van der Waals surface area contributed by atoms with E-state index in [9.17, 15) is 18.1 Å². The van der Waals surface area contributed by atoms with E-state index in [1.807, 2.05) is 6.92 Å². The zero-order valence-electron chi connectivity index (χ0n) is 15.4. The zero-order valence-corrected chi connectivity index (χ0v) is 19.4. The molecular formula is C17H35KO4S. The summed E-state index contributed by atoms with van der Waals surface area (Å²) >= 11 is 0. The summed E-state index contributed by atoms with van der Waals surface area (Å²) in [4.78, 5) is 0. The molecule has 2 unspecified atom stereocenters. The van der Waals surface area contributed by atoms with E-state index in [1.165, 1.54) is 12.8 Å². The molecule has 0 aromatic rings. The van der Waals surface area contributed by atoms with Crippen LogP contribution in [0.25, 0.3) is 0 Å². The van der Waals surface area contributed by atoms with Gasteiger partial charge in [0.15, 0.2) is 0 Å². The molecule has 1 N–H and O–H groups in total. The Morgan fingerprint density at radius 1 is 0.783 bits per heavy atom. The first-order chi connectivity index (χ1) is 10.4. The van der Waals surface area contributed by atoms with E-state index in [1.54, 1.807) is 0 Å². The van der Waals surface area contributed by atoms with E-state index >= 15 is 0 Å². The van der Waals surface area contributed by atoms with Crippen LogP contribution in [0.15, 0.2) is 0 Å². The van der Waals surface area contributed by atoms with Gasteiger partial charge in [0.1, 0.15) is 0 Å². The van der Waals surface area contributed by atoms with Gasteiger partial charge in [0.05, 0.1) is 16.2 Å². The third-order valence-electron chi connectivity index (χ3n) is 4.24. The van der Waals surface area contributed by atoms with Crippen LogP contribution in [0.4, 0.5) is 0 Å². The Morgan fingerprint density at radius 3 is 1.70 bits per heavy atom. The van der Waals surface area contributed by atoms with Crippen molar-refractivity contribution in [1.29, 1.82) is 0 Å². The van der Waals surface area contributed by atoms with Gasteiger partial charge in [0, 0.05) is 5.25 Å². The monoisotopic (exact) mass is 374 g/mol. The molecular weight excluding hydrogens is 339 g/mol. The van der Waals surface area contributed by atoms with Gasteiger partial charge in [-0.15, -0.1) is 0 Å². The van der Waals surface area contributed by atoms with Crippen molar-refractivity contribution in [3.63, 3.8) is 0 Å². The minimum atomic E-state index is -4.15. The predicted molar refractivity (Wildman–Crippen MR) is 90.9 cm³/mol. The van der Waals surface area contributed by atoms with Crippen molar-refractivity contribution in [2.24, 2.45) is 0 Å². The van der Waals surface area contributed by atoms with Crippen LogP contribution in [0.5, 0.6) is 0 Å². The SMILES string of the molecule is CCCCCC(O)CCCCCCC(CCCC)S(=O)(=O)[O-].[K+]. The molecule has 6 heteroatoms. The molecule has 0 aromatic carbocycles. The van der Waals surface area contributed by atoms with Crippen LogP contribution >= 0.6 is 0 Å².